The number of nitrogens with one attached hydrogen (secondary N) is 1. The van der Waals surface area contributed by atoms with Crippen molar-refractivity contribution in [1.82, 2.24) is 15.1 Å². The summed E-state index contributed by atoms with van der Waals surface area (Å²) in [5.41, 5.74) is 0.195. The fourth-order valence-electron chi connectivity index (χ4n) is 3.59. The maximum absolute atomic E-state index is 14.3. The molecule has 1 aliphatic rings. The number of aromatic nitrogens is 2. The lowest BCUT2D eigenvalue weighted by molar-refractivity contribution is -0.139. The van der Waals surface area contributed by atoms with Gasteiger partial charge in [0, 0.05) is 18.4 Å². The van der Waals surface area contributed by atoms with E-state index in [0.717, 1.165) is 12.5 Å². The van der Waals surface area contributed by atoms with Crippen LogP contribution < -0.4 is 5.32 Å². The molecule has 1 unspecified atom stereocenters. The predicted molar refractivity (Wildman–Crippen MR) is 95.5 cm³/mol. The topological polar surface area (TPSA) is 93.4 Å². The van der Waals surface area contributed by atoms with Crippen molar-refractivity contribution in [3.8, 4) is 5.69 Å². The third-order valence-electron chi connectivity index (χ3n) is 4.72. The zero-order valence-electron chi connectivity index (χ0n) is 15.6. The second kappa shape index (κ2) is 7.67. The minimum absolute atomic E-state index is 0.00748. The average molecular weight is 393 g/mol. The van der Waals surface area contributed by atoms with Crippen LogP contribution in [0.25, 0.3) is 5.69 Å². The van der Waals surface area contributed by atoms with E-state index in [1.54, 1.807) is 6.92 Å². The molecule has 0 aliphatic heterocycles. The van der Waals surface area contributed by atoms with Crippen LogP contribution in [0.15, 0.2) is 18.2 Å². The molecule has 1 atom stereocenters. The second-order valence-corrected chi connectivity index (χ2v) is 7.13. The summed E-state index contributed by atoms with van der Waals surface area (Å²) in [5, 5.41) is 16.0. The number of hydrogen-bond acceptors (Lipinski definition) is 4. The van der Waals surface area contributed by atoms with Crippen LogP contribution in [0.1, 0.15) is 41.5 Å². The van der Waals surface area contributed by atoms with Gasteiger partial charge in [0.2, 0.25) is 0 Å². The fraction of sp³-hybridized carbons (Fsp3) is 0.421. The number of carbonyl (C=O) groups excluding carboxylic acids is 1. The number of carboxylic acid groups (broad SMARTS) is 1. The number of hydrogen-bond donors (Lipinski definition) is 2. The van der Waals surface area contributed by atoms with E-state index in [2.05, 4.69) is 10.4 Å². The molecule has 28 heavy (non-hydrogen) atoms. The van der Waals surface area contributed by atoms with Crippen molar-refractivity contribution >= 4 is 11.9 Å². The predicted octanol–water partition coefficient (Wildman–Crippen LogP) is 2.25. The van der Waals surface area contributed by atoms with Gasteiger partial charge >= 0.3 is 5.97 Å². The van der Waals surface area contributed by atoms with Gasteiger partial charge in [0.15, 0.2) is 17.3 Å². The van der Waals surface area contributed by atoms with Gasteiger partial charge in [0.05, 0.1) is 18.6 Å². The summed E-state index contributed by atoms with van der Waals surface area (Å²) in [6, 6.07) is 3.78. The molecule has 3 rings (SSSR count). The molecule has 1 aromatic carbocycles. The van der Waals surface area contributed by atoms with E-state index >= 15 is 0 Å². The number of rotatable bonds is 7. The Kier molecular flexibility index (Phi) is 5.46. The highest BCUT2D eigenvalue weighted by Gasteiger charge is 2.34. The van der Waals surface area contributed by atoms with E-state index in [-0.39, 0.29) is 24.4 Å². The van der Waals surface area contributed by atoms with Crippen molar-refractivity contribution in [3.05, 3.63) is 46.8 Å². The van der Waals surface area contributed by atoms with Crippen LogP contribution in [0.4, 0.5) is 8.78 Å². The quantitative estimate of drug-likeness (QED) is 0.753. The maximum atomic E-state index is 14.3. The lowest BCUT2D eigenvalue weighted by atomic mass is 9.98. The van der Waals surface area contributed by atoms with E-state index in [1.165, 1.54) is 23.9 Å². The van der Waals surface area contributed by atoms with Crippen LogP contribution in [0.3, 0.4) is 0 Å². The molecular formula is C19H21F2N3O4. The Labute approximate surface area is 160 Å². The van der Waals surface area contributed by atoms with Gasteiger partial charge in [-0.1, -0.05) is 6.07 Å². The zero-order chi connectivity index (χ0) is 20.5. The number of fused-ring (bicyclic) bond motifs is 1. The summed E-state index contributed by atoms with van der Waals surface area (Å²) < 4.78 is 34.2. The zero-order valence-corrected chi connectivity index (χ0v) is 15.6. The van der Waals surface area contributed by atoms with Crippen molar-refractivity contribution in [2.45, 2.75) is 38.1 Å². The molecule has 0 radical (unpaired) electrons. The van der Waals surface area contributed by atoms with Gasteiger partial charge in [-0.05, 0) is 38.3 Å². The number of carbonyl (C=O) groups is 2. The molecule has 0 fully saturated rings. The van der Waals surface area contributed by atoms with Gasteiger partial charge in [-0.25, -0.2) is 13.5 Å². The van der Waals surface area contributed by atoms with E-state index in [9.17, 15) is 18.4 Å². The molecule has 7 nitrogen and oxygen atoms in total. The lowest BCUT2D eigenvalue weighted by Crippen LogP contribution is -2.51. The number of methoxy groups -OCH3 is 1. The van der Waals surface area contributed by atoms with Gasteiger partial charge in [0.25, 0.3) is 5.91 Å². The minimum atomic E-state index is -1.14. The third-order valence-corrected chi connectivity index (χ3v) is 4.72. The van der Waals surface area contributed by atoms with Gasteiger partial charge in [-0.3, -0.25) is 9.59 Å². The van der Waals surface area contributed by atoms with Crippen molar-refractivity contribution in [3.63, 3.8) is 0 Å². The SMILES string of the molecule is COCC(C)(CC(=O)O)NC(=O)c1nn(-c2cccc(F)c2F)c2c1CCC2. The van der Waals surface area contributed by atoms with Gasteiger partial charge in [-0.15, -0.1) is 0 Å². The lowest BCUT2D eigenvalue weighted by Gasteiger charge is -2.28. The highest BCUT2D eigenvalue weighted by Crippen LogP contribution is 2.29. The Hall–Kier alpha value is -2.81. The van der Waals surface area contributed by atoms with Gasteiger partial charge in [0.1, 0.15) is 5.69 Å². The summed E-state index contributed by atoms with van der Waals surface area (Å²) in [6.07, 6.45) is 1.58. The molecule has 0 spiro atoms. The molecule has 1 aliphatic carbocycles. The first-order chi connectivity index (χ1) is 13.3. The van der Waals surface area contributed by atoms with Gasteiger partial charge < -0.3 is 15.2 Å². The van der Waals surface area contributed by atoms with Crippen molar-refractivity contribution < 1.29 is 28.2 Å². The van der Waals surface area contributed by atoms with Crippen LogP contribution >= 0.6 is 0 Å². The Bertz CT molecular complexity index is 928. The number of carboxylic acids is 1. The summed E-state index contributed by atoms with van der Waals surface area (Å²) in [7, 11) is 1.41. The molecule has 0 saturated carbocycles. The Morgan fingerprint density at radius 2 is 2.11 bits per heavy atom. The normalized spacial score (nSPS) is 15.1. The Morgan fingerprint density at radius 3 is 2.79 bits per heavy atom. The molecule has 0 bridgehead atoms. The van der Waals surface area contributed by atoms with Crippen LogP contribution in [0.5, 0.6) is 0 Å². The summed E-state index contributed by atoms with van der Waals surface area (Å²) in [4.78, 5) is 24.0. The second-order valence-electron chi connectivity index (χ2n) is 7.13. The highest BCUT2D eigenvalue weighted by atomic mass is 19.2. The van der Waals surface area contributed by atoms with Gasteiger partial charge in [-0.2, -0.15) is 5.10 Å². The van der Waals surface area contributed by atoms with E-state index in [4.69, 9.17) is 9.84 Å². The number of amides is 1. The summed E-state index contributed by atoms with van der Waals surface area (Å²) in [5.74, 6) is -3.70. The summed E-state index contributed by atoms with van der Waals surface area (Å²) in [6.45, 7) is 1.55. The van der Waals surface area contributed by atoms with E-state index < -0.39 is 29.0 Å². The number of ether oxygens (including phenoxy) is 1. The van der Waals surface area contributed by atoms with E-state index in [1.807, 2.05) is 0 Å². The van der Waals surface area contributed by atoms with Crippen LogP contribution in [0.2, 0.25) is 0 Å². The van der Waals surface area contributed by atoms with Crippen molar-refractivity contribution in [2.75, 3.05) is 13.7 Å². The standard InChI is InChI=1S/C19H21F2N3O4/c1-19(10-28-2,9-15(25)26)22-18(27)17-11-5-3-7-13(11)24(23-17)14-8-4-6-12(20)16(14)21/h4,6,8H,3,5,7,9-10H2,1-2H3,(H,22,27)(H,25,26). The first kappa shape index (κ1) is 19.9. The summed E-state index contributed by atoms with van der Waals surface area (Å²) >= 11 is 0. The fourth-order valence-corrected chi connectivity index (χ4v) is 3.59. The molecule has 2 aromatic rings. The molecular weight excluding hydrogens is 372 g/mol. The molecule has 0 saturated heterocycles. The largest absolute Gasteiger partial charge is 0.481 e. The first-order valence-corrected chi connectivity index (χ1v) is 8.84. The molecule has 1 amide bonds. The smallest absolute Gasteiger partial charge is 0.305 e. The monoisotopic (exact) mass is 393 g/mol. The molecule has 9 heteroatoms. The maximum Gasteiger partial charge on any atom is 0.305 e. The van der Waals surface area contributed by atoms with E-state index in [0.29, 0.717) is 24.1 Å². The molecule has 150 valence electrons. The number of aliphatic carboxylic acids is 1. The minimum Gasteiger partial charge on any atom is -0.481 e. The highest BCUT2D eigenvalue weighted by molar-refractivity contribution is 5.95. The number of nitrogens with zero attached hydrogens (tertiary/aromatic N) is 2. The molecule has 1 aromatic heterocycles. The number of halogens is 2. The average Bonchev–Trinajstić information content (AvgIpc) is 3.19. The first-order valence-electron chi connectivity index (χ1n) is 8.84. The van der Waals surface area contributed by atoms with Crippen LogP contribution in [-0.2, 0) is 22.4 Å². The molecule has 2 N–H and O–H groups in total. The van der Waals surface area contributed by atoms with Crippen molar-refractivity contribution in [2.24, 2.45) is 0 Å². The van der Waals surface area contributed by atoms with Crippen molar-refractivity contribution in [1.29, 1.82) is 0 Å². The Balaban J connectivity index is 1.98. The number of benzene rings is 1. The van der Waals surface area contributed by atoms with Crippen LogP contribution in [-0.4, -0.2) is 46.0 Å². The third kappa shape index (κ3) is 3.75. The Morgan fingerprint density at radius 1 is 1.36 bits per heavy atom. The van der Waals surface area contributed by atoms with Crippen LogP contribution in [0, 0.1) is 11.6 Å². The molecule has 1 heterocycles.